The van der Waals surface area contributed by atoms with Crippen LogP contribution < -0.4 is 5.73 Å². The highest BCUT2D eigenvalue weighted by Gasteiger charge is 2.07. The number of hydrogen-bond acceptors (Lipinski definition) is 3. The van der Waals surface area contributed by atoms with Crippen LogP contribution in [0.5, 0.6) is 0 Å². The zero-order valence-corrected chi connectivity index (χ0v) is 6.35. The first-order valence-corrected chi connectivity index (χ1v) is 3.52. The summed E-state index contributed by atoms with van der Waals surface area (Å²) in [7, 11) is 0. The Kier molecular flexibility index (Phi) is 1.94. The molecule has 0 aliphatic heterocycles. The lowest BCUT2D eigenvalue weighted by Crippen LogP contribution is -1.92. The van der Waals surface area contributed by atoms with Gasteiger partial charge in [-0.25, -0.2) is 0 Å². The van der Waals surface area contributed by atoms with Gasteiger partial charge in [-0.1, -0.05) is 19.0 Å². The number of anilines is 1. The highest BCUT2D eigenvalue weighted by atomic mass is 16.5. The van der Waals surface area contributed by atoms with E-state index < -0.39 is 0 Å². The van der Waals surface area contributed by atoms with Crippen LogP contribution in [0.1, 0.15) is 25.3 Å². The van der Waals surface area contributed by atoms with E-state index in [-0.39, 0.29) is 0 Å². The van der Waals surface area contributed by atoms with Gasteiger partial charge in [0.25, 0.3) is 0 Å². The van der Waals surface area contributed by atoms with Crippen LogP contribution in [-0.2, 0) is 12.8 Å². The van der Waals surface area contributed by atoms with Gasteiger partial charge in [-0.3, -0.25) is 0 Å². The van der Waals surface area contributed by atoms with Gasteiger partial charge >= 0.3 is 0 Å². The minimum Gasteiger partial charge on any atom is -0.394 e. The zero-order chi connectivity index (χ0) is 7.56. The molecule has 0 aromatic carbocycles. The molecule has 0 aliphatic rings. The van der Waals surface area contributed by atoms with Gasteiger partial charge in [-0.2, -0.15) is 0 Å². The minimum absolute atomic E-state index is 0.727. The van der Waals surface area contributed by atoms with Crippen molar-refractivity contribution in [3.8, 4) is 0 Å². The number of nitrogens with two attached hydrogens (primary N) is 1. The normalized spacial score (nSPS) is 10.2. The molecule has 0 bridgehead atoms. The molecule has 0 atom stereocenters. The predicted octanol–water partition coefficient (Wildman–Crippen LogP) is 1.38. The van der Waals surface area contributed by atoms with Crippen molar-refractivity contribution in [2.75, 3.05) is 5.73 Å². The smallest absolute Gasteiger partial charge is 0.159 e. The van der Waals surface area contributed by atoms with Gasteiger partial charge < -0.3 is 10.3 Å². The van der Waals surface area contributed by atoms with E-state index in [0.717, 1.165) is 30.0 Å². The van der Waals surface area contributed by atoms with Crippen molar-refractivity contribution in [3.63, 3.8) is 0 Å². The highest BCUT2D eigenvalue weighted by molar-refractivity contribution is 5.45. The van der Waals surface area contributed by atoms with Gasteiger partial charge in [-0.15, -0.1) is 0 Å². The molecule has 3 nitrogen and oxygen atoms in total. The van der Waals surface area contributed by atoms with E-state index in [1.807, 2.05) is 13.8 Å². The Morgan fingerprint density at radius 1 is 1.40 bits per heavy atom. The van der Waals surface area contributed by atoms with Crippen LogP contribution in [0.3, 0.4) is 0 Å². The van der Waals surface area contributed by atoms with Crippen molar-refractivity contribution in [3.05, 3.63) is 11.5 Å². The van der Waals surface area contributed by atoms with E-state index in [4.69, 9.17) is 10.3 Å². The summed E-state index contributed by atoms with van der Waals surface area (Å²) in [4.78, 5) is 0. The third-order valence-electron chi connectivity index (χ3n) is 1.53. The molecule has 1 rings (SSSR count). The lowest BCUT2D eigenvalue weighted by Gasteiger charge is -1.89. The summed E-state index contributed by atoms with van der Waals surface area (Å²) >= 11 is 0. The van der Waals surface area contributed by atoms with E-state index in [9.17, 15) is 0 Å². The molecule has 2 N–H and O–H groups in total. The summed E-state index contributed by atoms with van der Waals surface area (Å²) in [6, 6.07) is 0. The number of rotatable bonds is 2. The van der Waals surface area contributed by atoms with E-state index >= 15 is 0 Å². The molecule has 1 aromatic heterocycles. The Morgan fingerprint density at radius 2 is 2.10 bits per heavy atom. The molecular formula is C7H12N2O. The second-order valence-corrected chi connectivity index (χ2v) is 2.17. The first-order chi connectivity index (χ1) is 4.79. The van der Waals surface area contributed by atoms with Crippen LogP contribution in [0.2, 0.25) is 0 Å². The molecule has 0 spiro atoms. The van der Waals surface area contributed by atoms with Crippen LogP contribution in [0.15, 0.2) is 4.52 Å². The van der Waals surface area contributed by atoms with Crippen molar-refractivity contribution < 1.29 is 4.52 Å². The lowest BCUT2D eigenvalue weighted by molar-refractivity contribution is 0.381. The van der Waals surface area contributed by atoms with Crippen LogP contribution in [0.4, 0.5) is 5.69 Å². The summed E-state index contributed by atoms with van der Waals surface area (Å²) < 4.78 is 4.96. The molecule has 0 fully saturated rings. The maximum atomic E-state index is 5.67. The van der Waals surface area contributed by atoms with Crippen LogP contribution in [-0.4, -0.2) is 5.16 Å². The Labute approximate surface area is 60.2 Å². The van der Waals surface area contributed by atoms with E-state index in [0.29, 0.717) is 0 Å². The topological polar surface area (TPSA) is 52.0 Å². The van der Waals surface area contributed by atoms with Crippen LogP contribution >= 0.6 is 0 Å². The molecule has 0 saturated carbocycles. The number of hydrogen-bond donors (Lipinski definition) is 1. The Bertz CT molecular complexity index is 196. The van der Waals surface area contributed by atoms with Crippen molar-refractivity contribution >= 4 is 5.69 Å². The molecular weight excluding hydrogens is 128 g/mol. The lowest BCUT2D eigenvalue weighted by atomic mass is 10.2. The summed E-state index contributed by atoms with van der Waals surface area (Å²) in [5.74, 6) is 0.803. The fourth-order valence-corrected chi connectivity index (χ4v) is 0.879. The maximum absolute atomic E-state index is 5.67. The average Bonchev–Trinajstić information content (AvgIpc) is 2.30. The van der Waals surface area contributed by atoms with Crippen molar-refractivity contribution in [2.45, 2.75) is 26.7 Å². The molecule has 3 heteroatoms. The van der Waals surface area contributed by atoms with Crippen molar-refractivity contribution in [1.29, 1.82) is 0 Å². The molecule has 1 heterocycles. The second-order valence-electron chi connectivity index (χ2n) is 2.17. The molecule has 1 aromatic rings. The number of aromatic nitrogens is 1. The first-order valence-electron chi connectivity index (χ1n) is 3.52. The zero-order valence-electron chi connectivity index (χ0n) is 6.35. The van der Waals surface area contributed by atoms with Crippen molar-refractivity contribution in [2.24, 2.45) is 0 Å². The quantitative estimate of drug-likeness (QED) is 0.675. The monoisotopic (exact) mass is 140 g/mol. The summed E-state index contributed by atoms with van der Waals surface area (Å²) in [5, 5.41) is 3.81. The fraction of sp³-hybridized carbons (Fsp3) is 0.571. The summed E-state index contributed by atoms with van der Waals surface area (Å²) in [6.07, 6.45) is 1.66. The number of nitrogen functional groups attached to an aromatic ring is 1. The Hall–Kier alpha value is -0.990. The molecule has 0 aliphatic carbocycles. The maximum Gasteiger partial charge on any atom is 0.159 e. The molecule has 56 valence electrons. The molecule has 0 unspecified atom stereocenters. The second kappa shape index (κ2) is 2.73. The Balaban J connectivity index is 2.97. The van der Waals surface area contributed by atoms with E-state index in [1.165, 1.54) is 0 Å². The third-order valence-corrected chi connectivity index (χ3v) is 1.53. The molecule has 0 saturated heterocycles. The van der Waals surface area contributed by atoms with Gasteiger partial charge in [0.15, 0.2) is 5.76 Å². The van der Waals surface area contributed by atoms with Gasteiger partial charge in [0.05, 0.1) is 5.69 Å². The van der Waals surface area contributed by atoms with Gasteiger partial charge in [-0.05, 0) is 6.42 Å². The SMILES string of the molecule is CCc1noc(CC)c1N. The number of aryl methyl sites for hydroxylation is 2. The molecule has 0 radical (unpaired) electrons. The van der Waals surface area contributed by atoms with Crippen molar-refractivity contribution in [1.82, 2.24) is 5.16 Å². The minimum atomic E-state index is 0.727. The Morgan fingerprint density at radius 3 is 2.40 bits per heavy atom. The average molecular weight is 140 g/mol. The largest absolute Gasteiger partial charge is 0.394 e. The number of nitrogens with zero attached hydrogens (tertiary/aromatic N) is 1. The van der Waals surface area contributed by atoms with Crippen LogP contribution in [0, 0.1) is 0 Å². The highest BCUT2D eigenvalue weighted by Crippen LogP contribution is 2.16. The summed E-state index contributed by atoms with van der Waals surface area (Å²) in [6.45, 7) is 4.00. The van der Waals surface area contributed by atoms with E-state index in [1.54, 1.807) is 0 Å². The summed E-state index contributed by atoms with van der Waals surface area (Å²) in [5.41, 5.74) is 7.27. The van der Waals surface area contributed by atoms with Gasteiger partial charge in [0.1, 0.15) is 5.69 Å². The fourth-order valence-electron chi connectivity index (χ4n) is 0.879. The third kappa shape index (κ3) is 0.988. The predicted molar refractivity (Wildman–Crippen MR) is 39.7 cm³/mol. The van der Waals surface area contributed by atoms with E-state index in [2.05, 4.69) is 5.16 Å². The first kappa shape index (κ1) is 7.12. The van der Waals surface area contributed by atoms with Gasteiger partial charge in [0.2, 0.25) is 0 Å². The standard InChI is InChI=1S/C7H12N2O/c1-3-5-7(8)6(4-2)10-9-5/h3-4,8H2,1-2H3. The molecule has 10 heavy (non-hydrogen) atoms. The van der Waals surface area contributed by atoms with Gasteiger partial charge in [0, 0.05) is 6.42 Å². The van der Waals surface area contributed by atoms with Crippen LogP contribution in [0.25, 0.3) is 0 Å². The molecule has 0 amide bonds.